The molecule has 0 unspecified atom stereocenters. The van der Waals surface area contributed by atoms with Gasteiger partial charge in [-0.3, -0.25) is 0 Å². The normalized spacial score (nSPS) is 14.1. The lowest BCUT2D eigenvalue weighted by molar-refractivity contribution is 0.0696. The molecule has 0 aromatic heterocycles. The smallest absolute Gasteiger partial charge is 0.335 e. The Balaban J connectivity index is 1.60. The molecule has 0 atom stereocenters. The molecule has 0 heterocycles. The van der Waals surface area contributed by atoms with Gasteiger partial charge in [0.15, 0.2) is 0 Å². The van der Waals surface area contributed by atoms with E-state index in [4.69, 9.17) is 0 Å². The topological polar surface area (TPSA) is 40.5 Å². The first-order valence-corrected chi connectivity index (χ1v) is 10.3. The molecule has 3 aromatic rings. The minimum absolute atomic E-state index is 0.384. The van der Waals surface area contributed by atoms with Crippen molar-refractivity contribution in [2.45, 2.75) is 38.1 Å². The van der Waals surface area contributed by atoms with E-state index in [1.165, 1.54) is 35.2 Å². The van der Waals surface area contributed by atoms with E-state index in [-0.39, 0.29) is 0 Å². The number of anilines is 1. The number of nitrogens with zero attached hydrogens (tertiary/aromatic N) is 1. The largest absolute Gasteiger partial charge is 0.478 e. The molecule has 1 aliphatic carbocycles. The van der Waals surface area contributed by atoms with Gasteiger partial charge in [-0.25, -0.2) is 4.79 Å². The zero-order chi connectivity index (χ0) is 20.2. The fourth-order valence-corrected chi connectivity index (χ4v) is 4.38. The number of carboxylic acid groups (broad SMARTS) is 1. The van der Waals surface area contributed by atoms with Gasteiger partial charge in [-0.15, -0.1) is 0 Å². The van der Waals surface area contributed by atoms with Gasteiger partial charge in [-0.2, -0.15) is 0 Å². The van der Waals surface area contributed by atoms with E-state index in [0.29, 0.717) is 11.5 Å². The number of hydrogen-bond donors (Lipinski definition) is 1. The minimum atomic E-state index is -0.853. The van der Waals surface area contributed by atoms with E-state index < -0.39 is 5.97 Å². The van der Waals surface area contributed by atoms with Crippen molar-refractivity contribution in [1.29, 1.82) is 0 Å². The number of aromatic carboxylic acids is 1. The fraction of sp³-hybridized carbons (Fsp3) is 0.269. The lowest BCUT2D eigenvalue weighted by atomic mass is 9.88. The summed E-state index contributed by atoms with van der Waals surface area (Å²) >= 11 is 0. The second-order valence-electron chi connectivity index (χ2n) is 7.98. The summed E-state index contributed by atoms with van der Waals surface area (Å²) in [4.78, 5) is 13.7. The highest BCUT2D eigenvalue weighted by atomic mass is 16.4. The van der Waals surface area contributed by atoms with Crippen LogP contribution in [0.1, 0.15) is 53.1 Å². The third-order valence-electron chi connectivity index (χ3n) is 5.98. The number of benzene rings is 3. The Labute approximate surface area is 172 Å². The Morgan fingerprint density at radius 3 is 2.31 bits per heavy atom. The van der Waals surface area contributed by atoms with Crippen molar-refractivity contribution >= 4 is 11.7 Å². The van der Waals surface area contributed by atoms with Gasteiger partial charge < -0.3 is 10.0 Å². The molecule has 29 heavy (non-hydrogen) atoms. The van der Waals surface area contributed by atoms with Crippen LogP contribution in [0.2, 0.25) is 0 Å². The Hall–Kier alpha value is -3.07. The lowest BCUT2D eigenvalue weighted by Crippen LogP contribution is -2.16. The molecule has 1 aliphatic rings. The number of carboxylic acids is 1. The van der Waals surface area contributed by atoms with Crippen molar-refractivity contribution in [2.24, 2.45) is 0 Å². The van der Waals surface area contributed by atoms with Gasteiger partial charge in [-0.1, -0.05) is 61.4 Å². The minimum Gasteiger partial charge on any atom is -0.478 e. The van der Waals surface area contributed by atoms with Crippen LogP contribution >= 0.6 is 0 Å². The molecule has 148 valence electrons. The molecule has 1 N–H and O–H groups in total. The summed E-state index contributed by atoms with van der Waals surface area (Å²) in [5.74, 6) is -0.390. The summed E-state index contributed by atoms with van der Waals surface area (Å²) in [6, 6.07) is 24.7. The number of rotatable bonds is 6. The molecule has 0 saturated heterocycles. The lowest BCUT2D eigenvalue weighted by Gasteiger charge is -2.21. The predicted molar refractivity (Wildman–Crippen MR) is 119 cm³/mol. The van der Waals surface area contributed by atoms with Gasteiger partial charge in [0.25, 0.3) is 0 Å². The number of hydrogen-bond acceptors (Lipinski definition) is 2. The molecule has 0 spiro atoms. The van der Waals surface area contributed by atoms with Crippen molar-refractivity contribution in [3.05, 3.63) is 89.5 Å². The summed E-state index contributed by atoms with van der Waals surface area (Å²) < 4.78 is 0. The Morgan fingerprint density at radius 1 is 0.966 bits per heavy atom. The second kappa shape index (κ2) is 8.52. The summed E-state index contributed by atoms with van der Waals surface area (Å²) in [5, 5.41) is 9.43. The van der Waals surface area contributed by atoms with Crippen molar-refractivity contribution in [3.8, 4) is 11.1 Å². The molecule has 0 amide bonds. The summed E-state index contributed by atoms with van der Waals surface area (Å²) in [7, 11) is 2.10. The van der Waals surface area contributed by atoms with Crippen molar-refractivity contribution < 1.29 is 9.90 Å². The first kappa shape index (κ1) is 19.3. The van der Waals surface area contributed by atoms with Gasteiger partial charge in [0.1, 0.15) is 0 Å². The van der Waals surface area contributed by atoms with Crippen LogP contribution in [0.3, 0.4) is 0 Å². The highest BCUT2D eigenvalue weighted by Gasteiger charge is 2.22. The van der Waals surface area contributed by atoms with E-state index in [1.807, 2.05) is 18.2 Å². The second-order valence-corrected chi connectivity index (χ2v) is 7.98. The molecule has 0 radical (unpaired) electrons. The van der Waals surface area contributed by atoms with E-state index >= 15 is 0 Å². The molecule has 3 nitrogen and oxygen atoms in total. The Bertz CT molecular complexity index is 973. The Morgan fingerprint density at radius 2 is 1.66 bits per heavy atom. The van der Waals surface area contributed by atoms with E-state index in [9.17, 15) is 9.90 Å². The maximum absolute atomic E-state index is 11.5. The van der Waals surface area contributed by atoms with Crippen molar-refractivity contribution in [2.75, 3.05) is 11.9 Å². The Kier molecular flexibility index (Phi) is 5.66. The molecular formula is C26H27NO2. The molecule has 0 aliphatic heterocycles. The van der Waals surface area contributed by atoms with Gasteiger partial charge in [0, 0.05) is 19.3 Å². The standard InChI is InChI=1S/C26H27NO2/c1-27(18-19-7-3-2-4-8-19)23-14-11-21(12-15-23)24-16-13-22(26(28)29)17-25(24)20-9-5-6-10-20/h2-4,7-8,11-17,20H,5-6,9-10,18H2,1H3,(H,28,29). The van der Waals surface area contributed by atoms with Crippen LogP contribution in [0.25, 0.3) is 11.1 Å². The first-order chi connectivity index (χ1) is 14.1. The highest BCUT2D eigenvalue weighted by molar-refractivity contribution is 5.89. The third-order valence-corrected chi connectivity index (χ3v) is 5.98. The van der Waals surface area contributed by atoms with Crippen LogP contribution in [0.4, 0.5) is 5.69 Å². The van der Waals surface area contributed by atoms with Crippen LogP contribution < -0.4 is 4.90 Å². The predicted octanol–water partition coefficient (Wildman–Crippen LogP) is 6.35. The summed E-state index contributed by atoms with van der Waals surface area (Å²) in [6.45, 7) is 0.862. The average Bonchev–Trinajstić information content (AvgIpc) is 3.29. The molecular weight excluding hydrogens is 358 g/mol. The van der Waals surface area contributed by atoms with Gasteiger partial charge in [0.05, 0.1) is 5.56 Å². The molecule has 3 aromatic carbocycles. The number of carbonyl (C=O) groups is 1. The molecule has 1 saturated carbocycles. The van der Waals surface area contributed by atoms with Gasteiger partial charge in [0.2, 0.25) is 0 Å². The highest BCUT2D eigenvalue weighted by Crippen LogP contribution is 2.40. The molecule has 0 bridgehead atoms. The zero-order valence-electron chi connectivity index (χ0n) is 16.8. The van der Waals surface area contributed by atoms with Crippen molar-refractivity contribution in [3.63, 3.8) is 0 Å². The van der Waals surface area contributed by atoms with Gasteiger partial charge in [-0.05, 0) is 65.3 Å². The molecule has 1 fully saturated rings. The quantitative estimate of drug-likeness (QED) is 0.538. The van der Waals surface area contributed by atoms with E-state index in [0.717, 1.165) is 24.9 Å². The SMILES string of the molecule is CN(Cc1ccccc1)c1ccc(-c2ccc(C(=O)O)cc2C2CCCC2)cc1. The average molecular weight is 386 g/mol. The van der Waals surface area contributed by atoms with Gasteiger partial charge >= 0.3 is 5.97 Å². The van der Waals surface area contributed by atoms with Crippen LogP contribution in [-0.4, -0.2) is 18.1 Å². The van der Waals surface area contributed by atoms with Crippen LogP contribution in [-0.2, 0) is 6.54 Å². The molecule has 4 rings (SSSR count). The zero-order valence-corrected chi connectivity index (χ0v) is 16.8. The van der Waals surface area contributed by atoms with Crippen LogP contribution in [0.5, 0.6) is 0 Å². The monoisotopic (exact) mass is 385 g/mol. The maximum atomic E-state index is 11.5. The summed E-state index contributed by atoms with van der Waals surface area (Å²) in [5.41, 5.74) is 6.34. The fourth-order valence-electron chi connectivity index (χ4n) is 4.38. The third kappa shape index (κ3) is 4.34. The molecule has 3 heteroatoms. The van der Waals surface area contributed by atoms with Crippen molar-refractivity contribution in [1.82, 2.24) is 0 Å². The van der Waals surface area contributed by atoms with Crippen LogP contribution in [0.15, 0.2) is 72.8 Å². The van der Waals surface area contributed by atoms with E-state index in [2.05, 4.69) is 60.5 Å². The maximum Gasteiger partial charge on any atom is 0.335 e. The first-order valence-electron chi connectivity index (χ1n) is 10.3. The summed E-state index contributed by atoms with van der Waals surface area (Å²) in [6.07, 6.45) is 4.75. The van der Waals surface area contributed by atoms with E-state index in [1.54, 1.807) is 6.07 Å². The van der Waals surface area contributed by atoms with Crippen LogP contribution in [0, 0.1) is 0 Å².